The molecule has 1 heterocycles. The van der Waals surface area contributed by atoms with Crippen LogP contribution in [0.5, 0.6) is 0 Å². The lowest BCUT2D eigenvalue weighted by molar-refractivity contribution is -0.141. The molecule has 2 unspecified atom stereocenters. The summed E-state index contributed by atoms with van der Waals surface area (Å²) in [6.07, 6.45) is 2.70. The Bertz CT molecular complexity index is 983. The van der Waals surface area contributed by atoms with Crippen LogP contribution in [0.15, 0.2) is 54.7 Å². The molecule has 0 radical (unpaired) electrons. The van der Waals surface area contributed by atoms with Crippen LogP contribution in [0.25, 0.3) is 10.9 Å². The van der Waals surface area contributed by atoms with Crippen molar-refractivity contribution in [2.75, 3.05) is 0 Å². The summed E-state index contributed by atoms with van der Waals surface area (Å²) in [4.78, 5) is 27.1. The van der Waals surface area contributed by atoms with Gasteiger partial charge < -0.3 is 15.4 Å². The van der Waals surface area contributed by atoms with Crippen LogP contribution in [0, 0.1) is 11.7 Å². The third-order valence-electron chi connectivity index (χ3n) is 4.74. The molecule has 0 spiro atoms. The van der Waals surface area contributed by atoms with Crippen LogP contribution < -0.4 is 5.32 Å². The molecule has 28 heavy (non-hydrogen) atoms. The molecule has 146 valence electrons. The van der Waals surface area contributed by atoms with E-state index in [0.29, 0.717) is 6.42 Å². The van der Waals surface area contributed by atoms with E-state index >= 15 is 0 Å². The molecule has 1 aromatic heterocycles. The van der Waals surface area contributed by atoms with E-state index in [9.17, 15) is 19.1 Å². The van der Waals surface area contributed by atoms with E-state index in [4.69, 9.17) is 0 Å². The average Bonchev–Trinajstić information content (AvgIpc) is 3.04. The number of fused-ring (bicyclic) bond motifs is 1. The number of amides is 1. The highest BCUT2D eigenvalue weighted by atomic mass is 19.1. The molecule has 6 heteroatoms. The topological polar surface area (TPSA) is 82.2 Å². The van der Waals surface area contributed by atoms with Crippen LogP contribution >= 0.6 is 0 Å². The van der Waals surface area contributed by atoms with E-state index in [-0.39, 0.29) is 30.5 Å². The van der Waals surface area contributed by atoms with Crippen LogP contribution in [0.3, 0.4) is 0 Å². The molecule has 3 N–H and O–H groups in total. The largest absolute Gasteiger partial charge is 0.480 e. The van der Waals surface area contributed by atoms with Crippen molar-refractivity contribution in [1.82, 2.24) is 10.3 Å². The smallest absolute Gasteiger partial charge is 0.326 e. The van der Waals surface area contributed by atoms with Gasteiger partial charge in [-0.25, -0.2) is 9.18 Å². The first-order valence-corrected chi connectivity index (χ1v) is 9.24. The lowest BCUT2D eigenvalue weighted by Gasteiger charge is -2.17. The van der Waals surface area contributed by atoms with Gasteiger partial charge in [-0.05, 0) is 41.7 Å². The highest BCUT2D eigenvalue weighted by Gasteiger charge is 2.22. The molecule has 5 nitrogen and oxygen atoms in total. The quantitative estimate of drug-likeness (QED) is 0.556. The molecule has 0 aliphatic carbocycles. The Morgan fingerprint density at radius 1 is 1.14 bits per heavy atom. The zero-order valence-electron chi connectivity index (χ0n) is 15.6. The van der Waals surface area contributed by atoms with Crippen LogP contribution in [0.1, 0.15) is 24.5 Å². The lowest BCUT2D eigenvalue weighted by Crippen LogP contribution is -2.42. The Kier molecular flexibility index (Phi) is 6.09. The van der Waals surface area contributed by atoms with Crippen LogP contribution in [-0.2, 0) is 22.4 Å². The number of carbonyl (C=O) groups excluding carboxylic acids is 1. The van der Waals surface area contributed by atoms with Gasteiger partial charge in [0.05, 0.1) is 0 Å². The zero-order chi connectivity index (χ0) is 20.1. The number of halogens is 1. The number of carboxylic acids is 1. The fourth-order valence-corrected chi connectivity index (χ4v) is 3.43. The number of aromatic nitrogens is 1. The molecule has 0 saturated carbocycles. The Labute approximate surface area is 162 Å². The molecule has 3 rings (SSSR count). The van der Waals surface area contributed by atoms with Crippen molar-refractivity contribution in [2.45, 2.75) is 32.2 Å². The number of hydrogen-bond acceptors (Lipinski definition) is 2. The van der Waals surface area contributed by atoms with Crippen molar-refractivity contribution in [3.05, 3.63) is 71.7 Å². The van der Waals surface area contributed by atoms with Crippen LogP contribution in [0.2, 0.25) is 0 Å². The first kappa shape index (κ1) is 19.6. The average molecular weight is 382 g/mol. The van der Waals surface area contributed by atoms with Gasteiger partial charge in [0.2, 0.25) is 5.91 Å². The SMILES string of the molecule is CC(CC(=O)NC(Cc1c[nH]c2ccccc12)C(=O)O)Cc1cccc(F)c1. The maximum absolute atomic E-state index is 13.3. The van der Waals surface area contributed by atoms with E-state index in [0.717, 1.165) is 22.0 Å². The second kappa shape index (κ2) is 8.69. The fourth-order valence-electron chi connectivity index (χ4n) is 3.43. The van der Waals surface area contributed by atoms with Gasteiger partial charge in [-0.3, -0.25) is 4.79 Å². The first-order valence-electron chi connectivity index (χ1n) is 9.24. The number of hydrogen-bond donors (Lipinski definition) is 3. The summed E-state index contributed by atoms with van der Waals surface area (Å²) in [7, 11) is 0. The van der Waals surface area contributed by atoms with Gasteiger partial charge in [0.15, 0.2) is 0 Å². The van der Waals surface area contributed by atoms with Gasteiger partial charge >= 0.3 is 5.97 Å². The van der Waals surface area contributed by atoms with Crippen molar-refractivity contribution >= 4 is 22.8 Å². The molecule has 2 atom stereocenters. The molecule has 0 aliphatic heterocycles. The second-order valence-corrected chi connectivity index (χ2v) is 7.17. The minimum absolute atomic E-state index is 0.0377. The van der Waals surface area contributed by atoms with Gasteiger partial charge in [-0.15, -0.1) is 0 Å². The predicted octanol–water partition coefficient (Wildman–Crippen LogP) is 3.69. The normalized spacial score (nSPS) is 13.2. The number of nitrogens with one attached hydrogen (secondary N) is 2. The summed E-state index contributed by atoms with van der Waals surface area (Å²) in [5, 5.41) is 13.1. The van der Waals surface area contributed by atoms with Crippen LogP contribution in [-0.4, -0.2) is 28.0 Å². The number of para-hydroxylation sites is 1. The van der Waals surface area contributed by atoms with E-state index in [1.165, 1.54) is 12.1 Å². The molecule has 0 fully saturated rings. The van der Waals surface area contributed by atoms with Gasteiger partial charge in [0.25, 0.3) is 0 Å². The standard InChI is InChI=1S/C22H23FN2O3/c1-14(9-15-5-4-6-17(23)11-15)10-21(26)25-20(22(27)28)12-16-13-24-19-8-3-2-7-18(16)19/h2-8,11,13-14,20,24H,9-10,12H2,1H3,(H,25,26)(H,27,28). The molecule has 3 aromatic rings. The van der Waals surface area contributed by atoms with Gasteiger partial charge in [-0.1, -0.05) is 37.3 Å². The third-order valence-corrected chi connectivity index (χ3v) is 4.74. The highest BCUT2D eigenvalue weighted by Crippen LogP contribution is 2.19. The Morgan fingerprint density at radius 3 is 2.68 bits per heavy atom. The number of H-pyrrole nitrogens is 1. The fraction of sp³-hybridized carbons (Fsp3) is 0.273. The molecule has 0 saturated heterocycles. The third kappa shape index (κ3) is 4.97. The predicted molar refractivity (Wildman–Crippen MR) is 105 cm³/mol. The van der Waals surface area contributed by atoms with Crippen LogP contribution in [0.4, 0.5) is 4.39 Å². The summed E-state index contributed by atoms with van der Waals surface area (Å²) in [5.41, 5.74) is 2.58. The molecule has 2 aromatic carbocycles. The molecule has 0 aliphatic rings. The number of rotatable bonds is 8. The minimum Gasteiger partial charge on any atom is -0.480 e. The summed E-state index contributed by atoms with van der Waals surface area (Å²) in [5.74, 6) is -1.74. The van der Waals surface area contributed by atoms with E-state index in [1.54, 1.807) is 12.3 Å². The van der Waals surface area contributed by atoms with Crippen molar-refractivity contribution in [1.29, 1.82) is 0 Å². The Hall–Kier alpha value is -3.15. The maximum atomic E-state index is 13.3. The number of carboxylic acid groups (broad SMARTS) is 1. The van der Waals surface area contributed by atoms with Crippen molar-refractivity contribution in [3.8, 4) is 0 Å². The molecule has 1 amide bonds. The summed E-state index contributed by atoms with van der Waals surface area (Å²) in [6, 6.07) is 12.9. The number of aromatic amines is 1. The van der Waals surface area contributed by atoms with Gasteiger partial charge in [0.1, 0.15) is 11.9 Å². The molecule has 0 bridgehead atoms. The van der Waals surface area contributed by atoms with E-state index < -0.39 is 12.0 Å². The van der Waals surface area contributed by atoms with Crippen molar-refractivity contribution in [2.24, 2.45) is 5.92 Å². The maximum Gasteiger partial charge on any atom is 0.326 e. The summed E-state index contributed by atoms with van der Waals surface area (Å²) in [6.45, 7) is 1.89. The van der Waals surface area contributed by atoms with Gasteiger partial charge in [0, 0.05) is 29.9 Å². The monoisotopic (exact) mass is 382 g/mol. The minimum atomic E-state index is -1.07. The lowest BCUT2D eigenvalue weighted by atomic mass is 9.97. The highest BCUT2D eigenvalue weighted by molar-refractivity contribution is 5.86. The Balaban J connectivity index is 1.60. The molecular weight excluding hydrogens is 359 g/mol. The van der Waals surface area contributed by atoms with E-state index in [1.807, 2.05) is 37.3 Å². The summed E-state index contributed by atoms with van der Waals surface area (Å²) < 4.78 is 13.3. The van der Waals surface area contributed by atoms with Gasteiger partial charge in [-0.2, -0.15) is 0 Å². The summed E-state index contributed by atoms with van der Waals surface area (Å²) >= 11 is 0. The number of carbonyl (C=O) groups is 2. The zero-order valence-corrected chi connectivity index (χ0v) is 15.6. The van der Waals surface area contributed by atoms with Crippen molar-refractivity contribution < 1.29 is 19.1 Å². The van der Waals surface area contributed by atoms with Crippen molar-refractivity contribution in [3.63, 3.8) is 0 Å². The number of benzene rings is 2. The molecular formula is C22H23FN2O3. The van der Waals surface area contributed by atoms with E-state index in [2.05, 4.69) is 10.3 Å². The number of aliphatic carboxylic acids is 1. The Morgan fingerprint density at radius 2 is 1.93 bits per heavy atom. The second-order valence-electron chi connectivity index (χ2n) is 7.17. The first-order chi connectivity index (χ1) is 13.4.